The van der Waals surface area contributed by atoms with Crippen LogP contribution in [0.15, 0.2) is 12.1 Å². The van der Waals surface area contributed by atoms with Gasteiger partial charge in [-0.3, -0.25) is 0 Å². The quantitative estimate of drug-likeness (QED) is 0.459. The van der Waals surface area contributed by atoms with Crippen LogP contribution in [0.3, 0.4) is 0 Å². The van der Waals surface area contributed by atoms with Crippen molar-refractivity contribution in [1.29, 1.82) is 0 Å². The van der Waals surface area contributed by atoms with Crippen LogP contribution < -0.4 is 16.2 Å². The van der Waals surface area contributed by atoms with Gasteiger partial charge < -0.3 is 15.1 Å². The Morgan fingerprint density at radius 3 is 2.71 bits per heavy atom. The molecule has 21 heavy (non-hydrogen) atoms. The van der Waals surface area contributed by atoms with Crippen LogP contribution in [0.5, 0.6) is 0 Å². The van der Waals surface area contributed by atoms with E-state index in [0.717, 1.165) is 18.7 Å². The summed E-state index contributed by atoms with van der Waals surface area (Å²) >= 11 is 0. The number of halogens is 3. The zero-order chi connectivity index (χ0) is 15.5. The van der Waals surface area contributed by atoms with Gasteiger partial charge >= 0.3 is 6.18 Å². The van der Waals surface area contributed by atoms with Crippen LogP contribution in [0.25, 0.3) is 0 Å². The first-order chi connectivity index (χ1) is 9.90. The van der Waals surface area contributed by atoms with E-state index in [1.54, 1.807) is 11.9 Å². The highest BCUT2D eigenvalue weighted by molar-refractivity contribution is 5.50. The fraction of sp³-hybridized carbons (Fsp3) is 0.615. The molecule has 0 aromatic carbocycles. The Morgan fingerprint density at radius 1 is 1.43 bits per heavy atom. The van der Waals surface area contributed by atoms with Crippen LogP contribution in [-0.4, -0.2) is 31.8 Å². The van der Waals surface area contributed by atoms with E-state index in [4.69, 9.17) is 10.6 Å². The van der Waals surface area contributed by atoms with Crippen molar-refractivity contribution in [2.45, 2.75) is 19.0 Å². The van der Waals surface area contributed by atoms with Gasteiger partial charge in [0, 0.05) is 20.2 Å². The monoisotopic (exact) mass is 304 g/mol. The Hall–Kier alpha value is -1.54. The summed E-state index contributed by atoms with van der Waals surface area (Å²) in [6.45, 7) is 1.64. The number of anilines is 2. The van der Waals surface area contributed by atoms with Gasteiger partial charge in [-0.1, -0.05) is 0 Å². The van der Waals surface area contributed by atoms with Crippen LogP contribution >= 0.6 is 0 Å². The summed E-state index contributed by atoms with van der Waals surface area (Å²) in [5, 5.41) is 0. The molecule has 5 nitrogen and oxygen atoms in total. The van der Waals surface area contributed by atoms with Crippen molar-refractivity contribution in [3.05, 3.63) is 17.7 Å². The number of aromatic nitrogens is 1. The first-order valence-electron chi connectivity index (χ1n) is 6.75. The molecule has 0 amide bonds. The highest BCUT2D eigenvalue weighted by Gasteiger charge is 2.32. The van der Waals surface area contributed by atoms with E-state index in [2.05, 4.69) is 10.4 Å². The zero-order valence-corrected chi connectivity index (χ0v) is 11.8. The summed E-state index contributed by atoms with van der Waals surface area (Å²) in [7, 11) is 1.67. The summed E-state index contributed by atoms with van der Waals surface area (Å²) in [6.07, 6.45) is -2.03. The van der Waals surface area contributed by atoms with Gasteiger partial charge in [0.05, 0.1) is 12.2 Å². The van der Waals surface area contributed by atoms with Gasteiger partial charge in [0.1, 0.15) is 11.6 Å². The van der Waals surface area contributed by atoms with Crippen molar-refractivity contribution >= 4 is 11.6 Å². The molecule has 0 bridgehead atoms. The molecule has 1 aliphatic rings. The first-order valence-corrected chi connectivity index (χ1v) is 6.75. The number of hydrazine groups is 1. The molecule has 3 N–H and O–H groups in total. The number of hydrogen-bond donors (Lipinski definition) is 2. The van der Waals surface area contributed by atoms with Crippen molar-refractivity contribution in [1.82, 2.24) is 4.98 Å². The average molecular weight is 304 g/mol. The number of likely N-dealkylation sites (N-methyl/N-ethyl adjacent to an activating group) is 1. The molecule has 1 heterocycles. The van der Waals surface area contributed by atoms with Crippen molar-refractivity contribution in [2.24, 2.45) is 11.8 Å². The molecule has 8 heteroatoms. The molecular weight excluding hydrogens is 285 g/mol. The van der Waals surface area contributed by atoms with Gasteiger partial charge in [-0.05, 0) is 30.9 Å². The van der Waals surface area contributed by atoms with Crippen LogP contribution in [0.4, 0.5) is 24.8 Å². The molecule has 0 unspecified atom stereocenters. The third-order valence-electron chi connectivity index (χ3n) is 3.30. The molecule has 1 saturated carbocycles. The predicted molar refractivity (Wildman–Crippen MR) is 73.9 cm³/mol. The van der Waals surface area contributed by atoms with Crippen molar-refractivity contribution in [3.63, 3.8) is 0 Å². The summed E-state index contributed by atoms with van der Waals surface area (Å²) < 4.78 is 43.9. The molecule has 1 fully saturated rings. The third kappa shape index (κ3) is 4.75. The van der Waals surface area contributed by atoms with Gasteiger partial charge in [-0.25, -0.2) is 10.8 Å². The van der Waals surface area contributed by atoms with Gasteiger partial charge in [-0.15, -0.1) is 0 Å². The van der Waals surface area contributed by atoms with Crippen LogP contribution in [-0.2, 0) is 10.9 Å². The third-order valence-corrected chi connectivity index (χ3v) is 3.30. The Balaban J connectivity index is 1.98. The van der Waals surface area contributed by atoms with Crippen LogP contribution in [0.1, 0.15) is 18.4 Å². The molecule has 0 saturated heterocycles. The second kappa shape index (κ2) is 6.48. The summed E-state index contributed by atoms with van der Waals surface area (Å²) in [5.74, 6) is 6.01. The Morgan fingerprint density at radius 2 is 2.14 bits per heavy atom. The maximum Gasteiger partial charge on any atom is 0.416 e. The second-order valence-corrected chi connectivity index (χ2v) is 5.18. The highest BCUT2D eigenvalue weighted by Crippen LogP contribution is 2.32. The minimum Gasteiger partial charge on any atom is -0.379 e. The minimum absolute atomic E-state index is 0.0226. The first kappa shape index (κ1) is 15.8. The van der Waals surface area contributed by atoms with Crippen molar-refractivity contribution < 1.29 is 17.9 Å². The largest absolute Gasteiger partial charge is 0.416 e. The summed E-state index contributed by atoms with van der Waals surface area (Å²) in [4.78, 5) is 5.64. The highest BCUT2D eigenvalue weighted by atomic mass is 19.4. The number of alkyl halides is 3. The standard InChI is InChI=1S/C13H19F3N4O/c1-20(4-5-21-8-9-2-3-9)12-7-10(13(14,15)16)6-11(18-12)19-17/h6-7,9H,2-5,8,17H2,1H3,(H,18,19). The topological polar surface area (TPSA) is 63.4 Å². The molecule has 1 aromatic heterocycles. The lowest BCUT2D eigenvalue weighted by Crippen LogP contribution is -2.25. The van der Waals surface area contributed by atoms with Gasteiger partial charge in [0.15, 0.2) is 0 Å². The van der Waals surface area contributed by atoms with Crippen LogP contribution in [0, 0.1) is 5.92 Å². The number of nitrogens with two attached hydrogens (primary N) is 1. The van der Waals surface area contributed by atoms with Crippen LogP contribution in [0.2, 0.25) is 0 Å². The Kier molecular flexibility index (Phi) is 4.89. The van der Waals surface area contributed by atoms with Gasteiger partial charge in [-0.2, -0.15) is 13.2 Å². The number of nitrogens with one attached hydrogen (secondary N) is 1. The van der Waals surface area contributed by atoms with E-state index in [-0.39, 0.29) is 11.6 Å². The molecule has 118 valence electrons. The van der Waals surface area contributed by atoms with Gasteiger partial charge in [0.2, 0.25) is 0 Å². The maximum absolute atomic E-state index is 12.8. The second-order valence-electron chi connectivity index (χ2n) is 5.18. The molecule has 1 aliphatic carbocycles. The smallest absolute Gasteiger partial charge is 0.379 e. The van der Waals surface area contributed by atoms with E-state index in [1.807, 2.05) is 0 Å². The van der Waals surface area contributed by atoms with E-state index in [9.17, 15) is 13.2 Å². The minimum atomic E-state index is -4.44. The van der Waals surface area contributed by atoms with E-state index in [1.165, 1.54) is 12.8 Å². The van der Waals surface area contributed by atoms with E-state index < -0.39 is 11.7 Å². The Labute approximate surface area is 121 Å². The van der Waals surface area contributed by atoms with Gasteiger partial charge in [0.25, 0.3) is 0 Å². The molecule has 1 aromatic rings. The SMILES string of the molecule is CN(CCOCC1CC1)c1cc(C(F)(F)F)cc(NN)n1. The number of hydrogen-bond acceptors (Lipinski definition) is 5. The number of rotatable bonds is 7. The van der Waals surface area contributed by atoms with Crippen molar-refractivity contribution in [3.8, 4) is 0 Å². The lowest BCUT2D eigenvalue weighted by molar-refractivity contribution is -0.137. The fourth-order valence-electron chi connectivity index (χ4n) is 1.80. The summed E-state index contributed by atoms with van der Waals surface area (Å²) in [6, 6.07) is 1.88. The lowest BCUT2D eigenvalue weighted by atomic mass is 10.2. The van der Waals surface area contributed by atoms with E-state index in [0.29, 0.717) is 19.1 Å². The number of ether oxygens (including phenoxy) is 1. The molecule has 0 atom stereocenters. The molecule has 2 rings (SSSR count). The summed E-state index contributed by atoms with van der Waals surface area (Å²) in [5.41, 5.74) is 1.37. The number of pyridine rings is 1. The normalized spacial score (nSPS) is 15.1. The molecular formula is C13H19F3N4O. The number of nitrogen functional groups attached to an aromatic ring is 1. The Bertz CT molecular complexity index is 477. The molecule has 0 aliphatic heterocycles. The lowest BCUT2D eigenvalue weighted by Gasteiger charge is -2.20. The fourth-order valence-corrected chi connectivity index (χ4v) is 1.80. The zero-order valence-electron chi connectivity index (χ0n) is 11.8. The predicted octanol–water partition coefficient (Wildman–Crippen LogP) is 2.25. The average Bonchev–Trinajstić information content (AvgIpc) is 3.26. The molecule has 0 spiro atoms. The number of nitrogens with zero attached hydrogens (tertiary/aromatic N) is 2. The maximum atomic E-state index is 12.8. The van der Waals surface area contributed by atoms with Crippen molar-refractivity contribution in [2.75, 3.05) is 37.1 Å². The molecule has 0 radical (unpaired) electrons. The van der Waals surface area contributed by atoms with E-state index >= 15 is 0 Å².